The number of benzene rings is 1. The van der Waals surface area contributed by atoms with Gasteiger partial charge in [0.05, 0.1) is 5.02 Å². The molecule has 1 saturated heterocycles. The van der Waals surface area contributed by atoms with Crippen LogP contribution in [0.4, 0.5) is 0 Å². The molecule has 0 saturated carbocycles. The van der Waals surface area contributed by atoms with Crippen molar-refractivity contribution in [1.29, 1.82) is 0 Å². The molecule has 4 heteroatoms. The summed E-state index contributed by atoms with van der Waals surface area (Å²) < 4.78 is 0. The Balaban J connectivity index is 2.24. The fourth-order valence-corrected chi connectivity index (χ4v) is 2.30. The molecule has 0 bridgehead atoms. The molecule has 0 atom stereocenters. The molecule has 1 fully saturated rings. The smallest absolute Gasteiger partial charge is 0.150 e. The topological polar surface area (TPSA) is 40.5 Å². The number of aromatic hydroxyl groups is 1. The Morgan fingerprint density at radius 2 is 2.06 bits per heavy atom. The van der Waals surface area contributed by atoms with E-state index in [0.29, 0.717) is 12.1 Å². The van der Waals surface area contributed by atoms with Crippen LogP contribution in [0.25, 0.3) is 0 Å². The summed E-state index contributed by atoms with van der Waals surface area (Å²) in [5.41, 5.74) is 1.24. The standard InChI is InChI=1S/C12H14ClNO2/c13-11-6-9(8-15)5-10(12(11)16)7-14-3-1-2-4-14/h5-6,8,16H,1-4,7H2. The number of phenolic OH excluding ortho intramolecular Hbond substituents is 1. The molecule has 1 aromatic carbocycles. The van der Waals surface area contributed by atoms with Crippen molar-refractivity contribution in [2.75, 3.05) is 13.1 Å². The van der Waals surface area contributed by atoms with E-state index in [9.17, 15) is 9.90 Å². The van der Waals surface area contributed by atoms with Crippen LogP contribution in [0.1, 0.15) is 28.8 Å². The average molecular weight is 240 g/mol. The highest BCUT2D eigenvalue weighted by molar-refractivity contribution is 6.32. The van der Waals surface area contributed by atoms with E-state index in [1.54, 1.807) is 6.07 Å². The molecule has 1 aliphatic rings. The molecule has 3 nitrogen and oxygen atoms in total. The lowest BCUT2D eigenvalue weighted by atomic mass is 10.1. The summed E-state index contributed by atoms with van der Waals surface area (Å²) in [7, 11) is 0. The molecule has 2 rings (SSSR count). The van der Waals surface area contributed by atoms with Crippen LogP contribution in [-0.4, -0.2) is 29.4 Å². The SMILES string of the molecule is O=Cc1cc(Cl)c(O)c(CN2CCCC2)c1. The number of carbonyl (C=O) groups is 1. The normalized spacial score (nSPS) is 16.6. The van der Waals surface area contributed by atoms with Crippen LogP contribution < -0.4 is 0 Å². The van der Waals surface area contributed by atoms with Crippen molar-refractivity contribution in [2.24, 2.45) is 0 Å². The lowest BCUT2D eigenvalue weighted by Crippen LogP contribution is -2.18. The minimum atomic E-state index is 0.0965. The number of aldehydes is 1. The summed E-state index contributed by atoms with van der Waals surface area (Å²) in [6.45, 7) is 2.75. The van der Waals surface area contributed by atoms with Crippen LogP contribution in [-0.2, 0) is 6.54 Å². The van der Waals surface area contributed by atoms with Gasteiger partial charge in [-0.3, -0.25) is 9.69 Å². The van der Waals surface area contributed by atoms with Gasteiger partial charge in [0, 0.05) is 17.7 Å². The molecule has 0 aromatic heterocycles. The summed E-state index contributed by atoms with van der Waals surface area (Å²) in [4.78, 5) is 13.0. The summed E-state index contributed by atoms with van der Waals surface area (Å²) in [5.74, 6) is 0.0965. The third-order valence-corrected chi connectivity index (χ3v) is 3.18. The lowest BCUT2D eigenvalue weighted by molar-refractivity contribution is 0.112. The monoisotopic (exact) mass is 239 g/mol. The van der Waals surface area contributed by atoms with E-state index in [2.05, 4.69) is 4.90 Å². The van der Waals surface area contributed by atoms with E-state index in [1.165, 1.54) is 18.9 Å². The van der Waals surface area contributed by atoms with Crippen molar-refractivity contribution in [3.8, 4) is 5.75 Å². The van der Waals surface area contributed by atoms with Gasteiger partial charge >= 0.3 is 0 Å². The number of halogens is 1. The maximum atomic E-state index is 10.7. The van der Waals surface area contributed by atoms with Crippen LogP contribution in [0, 0.1) is 0 Å². The van der Waals surface area contributed by atoms with Gasteiger partial charge in [-0.25, -0.2) is 0 Å². The van der Waals surface area contributed by atoms with Gasteiger partial charge in [0.15, 0.2) is 0 Å². The van der Waals surface area contributed by atoms with Gasteiger partial charge in [0.1, 0.15) is 12.0 Å². The van der Waals surface area contributed by atoms with Crippen LogP contribution in [0.5, 0.6) is 5.75 Å². The Kier molecular flexibility index (Phi) is 3.46. The first-order chi connectivity index (χ1) is 7.70. The summed E-state index contributed by atoms with van der Waals surface area (Å²) in [6.07, 6.45) is 3.14. The number of likely N-dealkylation sites (tertiary alicyclic amines) is 1. The molecule has 0 unspecified atom stereocenters. The molecule has 1 aromatic rings. The van der Waals surface area contributed by atoms with Crippen molar-refractivity contribution in [1.82, 2.24) is 4.90 Å². The molecule has 0 aliphatic carbocycles. The fraction of sp³-hybridized carbons (Fsp3) is 0.417. The van der Waals surface area contributed by atoms with Crippen LogP contribution >= 0.6 is 11.6 Å². The number of hydrogen-bond donors (Lipinski definition) is 1. The van der Waals surface area contributed by atoms with Crippen molar-refractivity contribution in [3.05, 3.63) is 28.3 Å². The maximum Gasteiger partial charge on any atom is 0.150 e. The molecule has 0 amide bonds. The Morgan fingerprint density at radius 1 is 1.38 bits per heavy atom. The number of nitrogens with zero attached hydrogens (tertiary/aromatic N) is 1. The van der Waals surface area contributed by atoms with Gasteiger partial charge in [0.25, 0.3) is 0 Å². The molecular weight excluding hydrogens is 226 g/mol. The first kappa shape index (κ1) is 11.4. The van der Waals surface area contributed by atoms with E-state index in [0.717, 1.165) is 24.9 Å². The van der Waals surface area contributed by atoms with Gasteiger partial charge in [0.2, 0.25) is 0 Å². The second-order valence-electron chi connectivity index (χ2n) is 4.11. The van der Waals surface area contributed by atoms with Gasteiger partial charge in [-0.15, -0.1) is 0 Å². The van der Waals surface area contributed by atoms with Crippen molar-refractivity contribution in [3.63, 3.8) is 0 Å². The molecule has 1 aliphatic heterocycles. The lowest BCUT2D eigenvalue weighted by Gasteiger charge is -2.16. The summed E-state index contributed by atoms with van der Waals surface area (Å²) in [5, 5.41) is 10.1. The molecule has 86 valence electrons. The zero-order valence-electron chi connectivity index (χ0n) is 8.95. The summed E-state index contributed by atoms with van der Waals surface area (Å²) >= 11 is 5.86. The average Bonchev–Trinajstić information content (AvgIpc) is 2.77. The third kappa shape index (κ3) is 2.36. The fourth-order valence-electron chi connectivity index (χ4n) is 2.05. The van der Waals surface area contributed by atoms with Crippen molar-refractivity contribution in [2.45, 2.75) is 19.4 Å². The maximum absolute atomic E-state index is 10.7. The Hall–Kier alpha value is -1.06. The molecule has 1 N–H and O–H groups in total. The number of phenols is 1. The highest BCUT2D eigenvalue weighted by Gasteiger charge is 2.15. The van der Waals surface area contributed by atoms with Gasteiger partial charge in [-0.1, -0.05) is 11.6 Å². The van der Waals surface area contributed by atoms with E-state index < -0.39 is 0 Å². The number of hydrogen-bond acceptors (Lipinski definition) is 3. The second kappa shape index (κ2) is 4.85. The Labute approximate surface area is 99.6 Å². The van der Waals surface area contributed by atoms with Crippen molar-refractivity contribution < 1.29 is 9.90 Å². The Bertz CT molecular complexity index is 400. The quantitative estimate of drug-likeness (QED) is 0.824. The highest BCUT2D eigenvalue weighted by atomic mass is 35.5. The summed E-state index contributed by atoms with van der Waals surface area (Å²) in [6, 6.07) is 3.18. The first-order valence-electron chi connectivity index (χ1n) is 5.39. The van der Waals surface area contributed by atoms with E-state index in [-0.39, 0.29) is 10.8 Å². The van der Waals surface area contributed by atoms with Gasteiger partial charge < -0.3 is 5.11 Å². The molecule has 0 radical (unpaired) electrons. The number of carbonyl (C=O) groups excluding carboxylic acids is 1. The van der Waals surface area contributed by atoms with Crippen LogP contribution in [0.3, 0.4) is 0 Å². The van der Waals surface area contributed by atoms with Crippen molar-refractivity contribution >= 4 is 17.9 Å². The minimum absolute atomic E-state index is 0.0965. The second-order valence-corrected chi connectivity index (χ2v) is 4.52. The zero-order chi connectivity index (χ0) is 11.5. The van der Waals surface area contributed by atoms with E-state index >= 15 is 0 Å². The van der Waals surface area contributed by atoms with Crippen LogP contribution in [0.15, 0.2) is 12.1 Å². The molecule has 1 heterocycles. The predicted molar refractivity (Wildman–Crippen MR) is 63.0 cm³/mol. The van der Waals surface area contributed by atoms with E-state index in [1.807, 2.05) is 0 Å². The highest BCUT2D eigenvalue weighted by Crippen LogP contribution is 2.30. The predicted octanol–water partition coefficient (Wildman–Crippen LogP) is 2.45. The molecular formula is C12H14ClNO2. The Morgan fingerprint density at radius 3 is 2.69 bits per heavy atom. The third-order valence-electron chi connectivity index (χ3n) is 2.89. The first-order valence-corrected chi connectivity index (χ1v) is 5.77. The van der Waals surface area contributed by atoms with Gasteiger partial charge in [-0.2, -0.15) is 0 Å². The number of rotatable bonds is 3. The minimum Gasteiger partial charge on any atom is -0.506 e. The van der Waals surface area contributed by atoms with Crippen LogP contribution in [0.2, 0.25) is 5.02 Å². The largest absolute Gasteiger partial charge is 0.506 e. The molecule has 16 heavy (non-hydrogen) atoms. The van der Waals surface area contributed by atoms with Gasteiger partial charge in [-0.05, 0) is 38.1 Å². The molecule has 0 spiro atoms. The van der Waals surface area contributed by atoms with E-state index in [4.69, 9.17) is 11.6 Å². The zero-order valence-corrected chi connectivity index (χ0v) is 9.70.